The molecule has 4 rings (SSSR count). The minimum Gasteiger partial charge on any atom is -0.436 e. The van der Waals surface area contributed by atoms with Crippen molar-refractivity contribution in [2.24, 2.45) is 0 Å². The maximum Gasteiger partial charge on any atom is 0.269 e. The number of fused-ring (bicyclic) bond motifs is 1. The molecule has 0 fully saturated rings. The van der Waals surface area contributed by atoms with Gasteiger partial charge in [-0.25, -0.2) is 4.98 Å². The first-order chi connectivity index (χ1) is 14.9. The third-order valence-corrected chi connectivity index (χ3v) is 4.70. The number of carbonyl (C=O) groups is 1. The van der Waals surface area contributed by atoms with Crippen LogP contribution in [0.2, 0.25) is 0 Å². The molecular weight excluding hydrogens is 416 g/mol. The van der Waals surface area contributed by atoms with E-state index in [1.807, 2.05) is 37.3 Å². The Morgan fingerprint density at radius 3 is 2.45 bits per heavy atom. The van der Waals surface area contributed by atoms with Crippen molar-refractivity contribution >= 4 is 45.7 Å². The van der Waals surface area contributed by atoms with Crippen molar-refractivity contribution in [1.82, 2.24) is 10.3 Å². The fourth-order valence-electron chi connectivity index (χ4n) is 2.93. The van der Waals surface area contributed by atoms with Crippen LogP contribution in [0.5, 0.6) is 0 Å². The molecule has 0 aliphatic rings. The standard InChI is InChI=1S/C22H16N4O4S/c1-13-2-11-19-18(12-13)24-21(30-19)15-3-7-16(8-4-15)23-22(31)25-20(27)14-5-9-17(10-6-14)26(28)29/h2-12H,1H3,(H2,23,25,27,31). The summed E-state index contributed by atoms with van der Waals surface area (Å²) >= 11 is 5.18. The van der Waals surface area contributed by atoms with Gasteiger partial charge in [-0.15, -0.1) is 0 Å². The van der Waals surface area contributed by atoms with Crippen LogP contribution < -0.4 is 10.6 Å². The number of carbonyl (C=O) groups excluding carboxylic acids is 1. The first-order valence-electron chi connectivity index (χ1n) is 9.23. The van der Waals surface area contributed by atoms with Crippen molar-refractivity contribution in [3.05, 3.63) is 88.0 Å². The zero-order valence-electron chi connectivity index (χ0n) is 16.3. The molecule has 0 atom stereocenters. The number of hydrogen-bond donors (Lipinski definition) is 2. The van der Waals surface area contributed by atoms with Crippen LogP contribution >= 0.6 is 12.2 Å². The van der Waals surface area contributed by atoms with Crippen molar-refractivity contribution in [2.75, 3.05) is 5.32 Å². The highest BCUT2D eigenvalue weighted by molar-refractivity contribution is 7.80. The summed E-state index contributed by atoms with van der Waals surface area (Å²) in [5.41, 5.74) is 4.27. The minimum absolute atomic E-state index is 0.0913. The normalized spacial score (nSPS) is 10.6. The molecule has 0 spiro atoms. The molecule has 0 saturated carbocycles. The van der Waals surface area contributed by atoms with Gasteiger partial charge in [-0.2, -0.15) is 0 Å². The summed E-state index contributed by atoms with van der Waals surface area (Å²) in [6.45, 7) is 2.00. The molecule has 0 saturated heterocycles. The zero-order chi connectivity index (χ0) is 22.0. The number of nitrogens with one attached hydrogen (secondary N) is 2. The lowest BCUT2D eigenvalue weighted by Crippen LogP contribution is -2.34. The predicted octanol–water partition coefficient (Wildman–Crippen LogP) is 4.84. The van der Waals surface area contributed by atoms with Crippen molar-refractivity contribution in [3.63, 3.8) is 0 Å². The molecule has 0 bridgehead atoms. The van der Waals surface area contributed by atoms with E-state index in [0.29, 0.717) is 11.6 Å². The molecule has 154 valence electrons. The van der Waals surface area contributed by atoms with E-state index in [4.69, 9.17) is 16.6 Å². The van der Waals surface area contributed by atoms with Gasteiger partial charge in [0.15, 0.2) is 10.7 Å². The summed E-state index contributed by atoms with van der Waals surface area (Å²) in [7, 11) is 0. The number of anilines is 1. The molecule has 31 heavy (non-hydrogen) atoms. The van der Waals surface area contributed by atoms with Gasteiger partial charge in [0.2, 0.25) is 5.89 Å². The second kappa shape index (κ2) is 8.33. The topological polar surface area (TPSA) is 110 Å². The molecule has 1 amide bonds. The van der Waals surface area contributed by atoms with Crippen LogP contribution in [0.4, 0.5) is 11.4 Å². The second-order valence-electron chi connectivity index (χ2n) is 6.78. The van der Waals surface area contributed by atoms with E-state index in [1.165, 1.54) is 24.3 Å². The molecule has 3 aromatic carbocycles. The number of nitro benzene ring substituents is 1. The Morgan fingerprint density at radius 2 is 1.77 bits per heavy atom. The Balaban J connectivity index is 1.40. The van der Waals surface area contributed by atoms with Crippen LogP contribution in [-0.2, 0) is 0 Å². The van der Waals surface area contributed by atoms with Crippen LogP contribution in [-0.4, -0.2) is 20.9 Å². The lowest BCUT2D eigenvalue weighted by atomic mass is 10.2. The highest BCUT2D eigenvalue weighted by Crippen LogP contribution is 2.26. The summed E-state index contributed by atoms with van der Waals surface area (Å²) in [5.74, 6) is 0.0481. The van der Waals surface area contributed by atoms with Gasteiger partial charge in [0.25, 0.3) is 11.6 Å². The summed E-state index contributed by atoms with van der Waals surface area (Å²) in [4.78, 5) is 26.9. The van der Waals surface area contributed by atoms with E-state index in [-0.39, 0.29) is 16.4 Å². The third kappa shape index (κ3) is 4.57. The number of aryl methyl sites for hydroxylation is 1. The molecule has 0 aliphatic carbocycles. The monoisotopic (exact) mass is 432 g/mol. The molecule has 8 nitrogen and oxygen atoms in total. The quantitative estimate of drug-likeness (QED) is 0.270. The largest absolute Gasteiger partial charge is 0.436 e. The average Bonchev–Trinajstić information content (AvgIpc) is 3.17. The van der Waals surface area contributed by atoms with Crippen LogP contribution in [0, 0.1) is 17.0 Å². The Kier molecular flexibility index (Phi) is 5.42. The lowest BCUT2D eigenvalue weighted by molar-refractivity contribution is -0.384. The van der Waals surface area contributed by atoms with E-state index in [9.17, 15) is 14.9 Å². The molecular formula is C22H16N4O4S. The summed E-state index contributed by atoms with van der Waals surface area (Å²) in [6, 6.07) is 18.3. The first-order valence-corrected chi connectivity index (χ1v) is 9.64. The predicted molar refractivity (Wildman–Crippen MR) is 121 cm³/mol. The number of nitro groups is 1. The van der Waals surface area contributed by atoms with Crippen molar-refractivity contribution in [2.45, 2.75) is 6.92 Å². The van der Waals surface area contributed by atoms with Gasteiger partial charge in [-0.1, -0.05) is 6.07 Å². The van der Waals surface area contributed by atoms with Gasteiger partial charge >= 0.3 is 0 Å². The van der Waals surface area contributed by atoms with Crippen molar-refractivity contribution < 1.29 is 14.1 Å². The van der Waals surface area contributed by atoms with Crippen LogP contribution in [0.3, 0.4) is 0 Å². The smallest absolute Gasteiger partial charge is 0.269 e. The van der Waals surface area contributed by atoms with Gasteiger partial charge in [-0.05, 0) is 73.2 Å². The highest BCUT2D eigenvalue weighted by atomic mass is 32.1. The zero-order valence-corrected chi connectivity index (χ0v) is 17.1. The summed E-state index contributed by atoms with van der Waals surface area (Å²) in [6.07, 6.45) is 0. The van der Waals surface area contributed by atoms with Gasteiger partial charge < -0.3 is 9.73 Å². The molecule has 0 aliphatic heterocycles. The molecule has 0 radical (unpaired) electrons. The number of amides is 1. The molecule has 4 aromatic rings. The van der Waals surface area contributed by atoms with Gasteiger partial charge in [-0.3, -0.25) is 20.2 Å². The van der Waals surface area contributed by atoms with E-state index in [0.717, 1.165) is 22.2 Å². The van der Waals surface area contributed by atoms with E-state index in [1.54, 1.807) is 12.1 Å². The van der Waals surface area contributed by atoms with Crippen molar-refractivity contribution in [1.29, 1.82) is 0 Å². The van der Waals surface area contributed by atoms with Crippen LogP contribution in [0.15, 0.2) is 71.1 Å². The Morgan fingerprint density at radius 1 is 1.06 bits per heavy atom. The second-order valence-corrected chi connectivity index (χ2v) is 7.19. The fourth-order valence-corrected chi connectivity index (χ4v) is 3.14. The molecule has 1 aromatic heterocycles. The maximum atomic E-state index is 12.2. The number of benzene rings is 3. The van der Waals surface area contributed by atoms with Gasteiger partial charge in [0.05, 0.1) is 4.92 Å². The van der Waals surface area contributed by atoms with Crippen LogP contribution in [0.1, 0.15) is 15.9 Å². The Labute approximate surface area is 182 Å². The number of rotatable bonds is 4. The van der Waals surface area contributed by atoms with E-state index < -0.39 is 10.8 Å². The number of oxazole rings is 1. The number of non-ortho nitro benzene ring substituents is 1. The number of aromatic nitrogens is 1. The maximum absolute atomic E-state index is 12.2. The SMILES string of the molecule is Cc1ccc2oc(-c3ccc(NC(=S)NC(=O)c4ccc([N+](=O)[O-])cc4)cc3)nc2c1. The first kappa shape index (κ1) is 20.2. The molecule has 1 heterocycles. The molecule has 2 N–H and O–H groups in total. The van der Waals surface area contributed by atoms with Gasteiger partial charge in [0.1, 0.15) is 5.52 Å². The van der Waals surface area contributed by atoms with Crippen LogP contribution in [0.25, 0.3) is 22.6 Å². The minimum atomic E-state index is -0.528. The molecule has 9 heteroatoms. The molecule has 0 unspecified atom stereocenters. The Hall–Kier alpha value is -4.11. The Bertz CT molecular complexity index is 1300. The fraction of sp³-hybridized carbons (Fsp3) is 0.0455. The van der Waals surface area contributed by atoms with Gasteiger partial charge in [0, 0.05) is 28.9 Å². The number of thiocarbonyl (C=S) groups is 1. The highest BCUT2D eigenvalue weighted by Gasteiger charge is 2.12. The van der Waals surface area contributed by atoms with E-state index >= 15 is 0 Å². The lowest BCUT2D eigenvalue weighted by Gasteiger charge is -2.10. The van der Waals surface area contributed by atoms with Crippen molar-refractivity contribution in [3.8, 4) is 11.5 Å². The number of nitrogens with zero attached hydrogens (tertiary/aromatic N) is 2. The number of hydrogen-bond acceptors (Lipinski definition) is 6. The third-order valence-electron chi connectivity index (χ3n) is 4.50. The summed E-state index contributed by atoms with van der Waals surface area (Å²) in [5, 5.41) is 16.3. The van der Waals surface area contributed by atoms with E-state index in [2.05, 4.69) is 15.6 Å². The summed E-state index contributed by atoms with van der Waals surface area (Å²) < 4.78 is 5.80. The average molecular weight is 432 g/mol.